The first-order valence-corrected chi connectivity index (χ1v) is 7.52. The second-order valence-electron chi connectivity index (χ2n) is 5.17. The van der Waals surface area contributed by atoms with E-state index in [4.69, 9.17) is 4.74 Å². The Labute approximate surface area is 108 Å². The van der Waals surface area contributed by atoms with Crippen LogP contribution in [-0.4, -0.2) is 19.8 Å². The van der Waals surface area contributed by atoms with Gasteiger partial charge in [-0.1, -0.05) is 13.8 Å². The minimum Gasteiger partial charge on any atom is -0.380 e. The molecule has 0 radical (unpaired) electrons. The molecule has 2 rings (SSSR count). The van der Waals surface area contributed by atoms with Gasteiger partial charge in [-0.3, -0.25) is 0 Å². The van der Waals surface area contributed by atoms with Crippen LogP contribution in [0.25, 0.3) is 0 Å². The van der Waals surface area contributed by atoms with E-state index in [-0.39, 0.29) is 0 Å². The Balaban J connectivity index is 1.71. The van der Waals surface area contributed by atoms with Crippen molar-refractivity contribution in [1.29, 1.82) is 0 Å². The molecule has 0 aromatic carbocycles. The SMILES string of the molecule is CC(C)COCCNC1CCCc2sccc21. The summed E-state index contributed by atoms with van der Waals surface area (Å²) in [5.74, 6) is 0.633. The Morgan fingerprint density at radius 1 is 1.53 bits per heavy atom. The van der Waals surface area contributed by atoms with E-state index in [0.717, 1.165) is 19.8 Å². The molecule has 0 saturated heterocycles. The lowest BCUT2D eigenvalue weighted by Gasteiger charge is -2.23. The monoisotopic (exact) mass is 253 g/mol. The van der Waals surface area contributed by atoms with Crippen molar-refractivity contribution in [1.82, 2.24) is 5.32 Å². The molecule has 2 nitrogen and oxygen atoms in total. The number of hydrogen-bond acceptors (Lipinski definition) is 3. The van der Waals surface area contributed by atoms with Crippen LogP contribution in [0.15, 0.2) is 11.4 Å². The molecule has 1 aliphatic rings. The summed E-state index contributed by atoms with van der Waals surface area (Å²) in [5.41, 5.74) is 1.53. The molecule has 0 amide bonds. The molecule has 0 spiro atoms. The van der Waals surface area contributed by atoms with Crippen LogP contribution in [0, 0.1) is 5.92 Å². The molecule has 0 saturated carbocycles. The Bertz CT molecular complexity index is 335. The number of rotatable bonds is 6. The van der Waals surface area contributed by atoms with Crippen molar-refractivity contribution in [2.24, 2.45) is 5.92 Å². The predicted octanol–water partition coefficient (Wildman–Crippen LogP) is 3.39. The molecule has 1 aromatic rings. The Morgan fingerprint density at radius 2 is 2.41 bits per heavy atom. The van der Waals surface area contributed by atoms with E-state index >= 15 is 0 Å². The zero-order valence-corrected chi connectivity index (χ0v) is 11.7. The number of aryl methyl sites for hydroxylation is 1. The molecule has 0 fully saturated rings. The first-order valence-electron chi connectivity index (χ1n) is 6.64. The summed E-state index contributed by atoms with van der Waals surface area (Å²) in [7, 11) is 0. The summed E-state index contributed by atoms with van der Waals surface area (Å²) in [6.45, 7) is 7.04. The number of ether oxygens (including phenoxy) is 1. The van der Waals surface area contributed by atoms with Gasteiger partial charge in [-0.05, 0) is 42.2 Å². The minimum atomic E-state index is 0.563. The molecule has 96 valence electrons. The molecule has 1 N–H and O–H groups in total. The summed E-state index contributed by atoms with van der Waals surface area (Å²) in [4.78, 5) is 1.58. The average Bonchev–Trinajstić information content (AvgIpc) is 2.77. The summed E-state index contributed by atoms with van der Waals surface area (Å²) in [5, 5.41) is 5.84. The molecule has 17 heavy (non-hydrogen) atoms. The molecule has 1 unspecified atom stereocenters. The van der Waals surface area contributed by atoms with Crippen LogP contribution < -0.4 is 5.32 Å². The average molecular weight is 253 g/mol. The maximum Gasteiger partial charge on any atom is 0.0591 e. The fourth-order valence-electron chi connectivity index (χ4n) is 2.32. The number of thiophene rings is 1. The Kier molecular flexibility index (Phi) is 5.01. The van der Waals surface area contributed by atoms with Gasteiger partial charge in [0, 0.05) is 24.1 Å². The Morgan fingerprint density at radius 3 is 3.24 bits per heavy atom. The quantitative estimate of drug-likeness (QED) is 0.785. The summed E-state index contributed by atoms with van der Waals surface area (Å²) < 4.78 is 5.60. The largest absolute Gasteiger partial charge is 0.380 e. The van der Waals surface area contributed by atoms with Crippen LogP contribution in [0.2, 0.25) is 0 Å². The van der Waals surface area contributed by atoms with E-state index in [1.807, 2.05) is 11.3 Å². The van der Waals surface area contributed by atoms with E-state index in [1.165, 1.54) is 24.8 Å². The van der Waals surface area contributed by atoms with Crippen LogP contribution in [0.5, 0.6) is 0 Å². The predicted molar refractivity (Wildman–Crippen MR) is 73.7 cm³/mol. The zero-order chi connectivity index (χ0) is 12.1. The lowest BCUT2D eigenvalue weighted by molar-refractivity contribution is 0.109. The summed E-state index contributed by atoms with van der Waals surface area (Å²) in [6, 6.07) is 2.85. The first kappa shape index (κ1) is 13.1. The molecule has 1 aliphatic carbocycles. The number of hydrogen-bond donors (Lipinski definition) is 1. The Hall–Kier alpha value is -0.380. The van der Waals surface area contributed by atoms with Crippen LogP contribution in [-0.2, 0) is 11.2 Å². The van der Waals surface area contributed by atoms with Crippen molar-refractivity contribution in [2.45, 2.75) is 39.2 Å². The first-order chi connectivity index (χ1) is 8.27. The molecule has 3 heteroatoms. The summed E-state index contributed by atoms with van der Waals surface area (Å²) in [6.07, 6.45) is 3.86. The van der Waals surface area contributed by atoms with Crippen molar-refractivity contribution >= 4 is 11.3 Å². The highest BCUT2D eigenvalue weighted by molar-refractivity contribution is 7.10. The van der Waals surface area contributed by atoms with Gasteiger partial charge in [0.05, 0.1) is 6.61 Å². The van der Waals surface area contributed by atoms with Crippen LogP contribution in [0.1, 0.15) is 43.2 Å². The molecule has 0 bridgehead atoms. The molecular weight excluding hydrogens is 230 g/mol. The second-order valence-corrected chi connectivity index (χ2v) is 6.17. The van der Waals surface area contributed by atoms with Gasteiger partial charge in [0.15, 0.2) is 0 Å². The zero-order valence-electron chi connectivity index (χ0n) is 10.9. The van der Waals surface area contributed by atoms with E-state index in [1.54, 1.807) is 4.88 Å². The van der Waals surface area contributed by atoms with Gasteiger partial charge >= 0.3 is 0 Å². The highest BCUT2D eigenvalue weighted by Gasteiger charge is 2.20. The van der Waals surface area contributed by atoms with Crippen molar-refractivity contribution in [2.75, 3.05) is 19.8 Å². The highest BCUT2D eigenvalue weighted by Crippen LogP contribution is 2.32. The van der Waals surface area contributed by atoms with E-state index in [9.17, 15) is 0 Å². The van der Waals surface area contributed by atoms with Crippen LogP contribution in [0.4, 0.5) is 0 Å². The van der Waals surface area contributed by atoms with Crippen molar-refractivity contribution < 1.29 is 4.74 Å². The lowest BCUT2D eigenvalue weighted by atomic mass is 9.94. The molecule has 1 aromatic heterocycles. The molecule has 1 atom stereocenters. The fraction of sp³-hybridized carbons (Fsp3) is 0.714. The van der Waals surface area contributed by atoms with E-state index in [0.29, 0.717) is 12.0 Å². The normalized spacial score (nSPS) is 19.6. The topological polar surface area (TPSA) is 21.3 Å². The number of nitrogens with one attached hydrogen (secondary N) is 1. The number of fused-ring (bicyclic) bond motifs is 1. The van der Waals surface area contributed by atoms with Gasteiger partial charge in [-0.15, -0.1) is 11.3 Å². The van der Waals surface area contributed by atoms with Crippen molar-refractivity contribution in [3.05, 3.63) is 21.9 Å². The van der Waals surface area contributed by atoms with Crippen LogP contribution >= 0.6 is 11.3 Å². The highest BCUT2D eigenvalue weighted by atomic mass is 32.1. The lowest BCUT2D eigenvalue weighted by Crippen LogP contribution is -2.27. The third kappa shape index (κ3) is 3.80. The minimum absolute atomic E-state index is 0.563. The van der Waals surface area contributed by atoms with Gasteiger partial charge in [0.25, 0.3) is 0 Å². The maximum absolute atomic E-state index is 5.60. The van der Waals surface area contributed by atoms with E-state index < -0.39 is 0 Å². The van der Waals surface area contributed by atoms with Gasteiger partial charge < -0.3 is 10.1 Å². The summed E-state index contributed by atoms with van der Waals surface area (Å²) >= 11 is 1.91. The van der Waals surface area contributed by atoms with Gasteiger partial charge in [-0.25, -0.2) is 0 Å². The standard InChI is InChI=1S/C14H23NOS/c1-11(2)10-16-8-7-15-13-4-3-5-14-12(13)6-9-17-14/h6,9,11,13,15H,3-5,7-8,10H2,1-2H3. The maximum atomic E-state index is 5.60. The smallest absolute Gasteiger partial charge is 0.0591 e. The van der Waals surface area contributed by atoms with Gasteiger partial charge in [-0.2, -0.15) is 0 Å². The van der Waals surface area contributed by atoms with Crippen molar-refractivity contribution in [3.63, 3.8) is 0 Å². The van der Waals surface area contributed by atoms with Crippen LogP contribution in [0.3, 0.4) is 0 Å². The third-order valence-corrected chi connectivity index (χ3v) is 4.14. The molecule has 1 heterocycles. The van der Waals surface area contributed by atoms with Crippen molar-refractivity contribution in [3.8, 4) is 0 Å². The van der Waals surface area contributed by atoms with Gasteiger partial charge in [0.1, 0.15) is 0 Å². The third-order valence-electron chi connectivity index (χ3n) is 3.14. The van der Waals surface area contributed by atoms with E-state index in [2.05, 4.69) is 30.6 Å². The molecule has 0 aliphatic heterocycles. The second kappa shape index (κ2) is 6.53. The molecular formula is C14H23NOS. The fourth-order valence-corrected chi connectivity index (χ4v) is 3.31. The van der Waals surface area contributed by atoms with Gasteiger partial charge in [0.2, 0.25) is 0 Å².